The first kappa shape index (κ1) is 13.0. The van der Waals surface area contributed by atoms with Crippen LogP contribution in [-0.2, 0) is 0 Å². The summed E-state index contributed by atoms with van der Waals surface area (Å²) in [4.78, 5) is 0. The molecule has 0 aliphatic carbocycles. The average molecular weight is 219 g/mol. The van der Waals surface area contributed by atoms with Gasteiger partial charge in [0.1, 0.15) is 0 Å². The Morgan fingerprint density at radius 1 is 1.23 bits per heavy atom. The topological polar surface area (TPSA) is 24.1 Å². The molecule has 80 valence electrons. The number of nitrogens with one attached hydrogen (secondary N) is 2. The molecule has 0 aromatic carbocycles. The maximum absolute atomic E-state index is 11.7. The van der Waals surface area contributed by atoms with Gasteiger partial charge in [0.15, 0.2) is 0 Å². The highest BCUT2D eigenvalue weighted by Gasteiger charge is 2.28. The molecule has 13 heavy (non-hydrogen) atoms. The fourth-order valence-corrected chi connectivity index (χ4v) is 1.29. The van der Waals surface area contributed by atoms with E-state index in [1.165, 1.54) is 0 Å². The van der Waals surface area contributed by atoms with E-state index in [-0.39, 0.29) is 18.4 Å². The second-order valence-corrected chi connectivity index (χ2v) is 3.02. The van der Waals surface area contributed by atoms with Crippen LogP contribution < -0.4 is 10.6 Å². The van der Waals surface area contributed by atoms with E-state index in [1.807, 2.05) is 0 Å². The number of alkyl halides is 3. The summed E-state index contributed by atoms with van der Waals surface area (Å²) in [7, 11) is 0. The van der Waals surface area contributed by atoms with E-state index in [0.29, 0.717) is 0 Å². The van der Waals surface area contributed by atoms with Crippen molar-refractivity contribution in [1.82, 2.24) is 10.6 Å². The Morgan fingerprint density at radius 3 is 2.23 bits per heavy atom. The predicted octanol–water partition coefficient (Wildman–Crippen LogP) is 1.31. The maximum Gasteiger partial charge on any atom is 0.401 e. The van der Waals surface area contributed by atoms with Crippen LogP contribution in [0.4, 0.5) is 13.2 Å². The molecule has 1 aliphatic heterocycles. The smallest absolute Gasteiger partial charge is 0.317 e. The molecule has 0 atom stereocenters. The molecule has 1 saturated heterocycles. The van der Waals surface area contributed by atoms with E-state index in [4.69, 9.17) is 0 Å². The van der Waals surface area contributed by atoms with E-state index < -0.39 is 12.7 Å². The summed E-state index contributed by atoms with van der Waals surface area (Å²) in [5, 5.41) is 5.59. The minimum absolute atomic E-state index is 0. The highest BCUT2D eigenvalue weighted by atomic mass is 35.5. The van der Waals surface area contributed by atoms with Gasteiger partial charge >= 0.3 is 6.18 Å². The Hall–Kier alpha value is -0.0000000000000000416. The Kier molecular flexibility index (Phi) is 5.67. The van der Waals surface area contributed by atoms with Gasteiger partial charge in [-0.2, -0.15) is 13.2 Å². The molecule has 0 aromatic heterocycles. The van der Waals surface area contributed by atoms with Crippen LogP contribution in [-0.4, -0.2) is 31.9 Å². The number of halogens is 4. The molecule has 6 heteroatoms. The zero-order chi connectivity index (χ0) is 9.03. The summed E-state index contributed by atoms with van der Waals surface area (Å²) in [5.41, 5.74) is 0. The first-order valence-electron chi connectivity index (χ1n) is 4.09. The molecule has 0 aromatic rings. The van der Waals surface area contributed by atoms with Crippen LogP contribution in [0.15, 0.2) is 0 Å². The van der Waals surface area contributed by atoms with Crippen LogP contribution in [0.2, 0.25) is 0 Å². The lowest BCUT2D eigenvalue weighted by molar-refractivity contribution is -0.126. The first-order valence-corrected chi connectivity index (χ1v) is 4.09. The van der Waals surface area contributed by atoms with Crippen LogP contribution in [0.3, 0.4) is 0 Å². The van der Waals surface area contributed by atoms with Gasteiger partial charge in [-0.3, -0.25) is 0 Å². The molecule has 2 nitrogen and oxygen atoms in total. The van der Waals surface area contributed by atoms with E-state index in [0.717, 1.165) is 25.9 Å². The van der Waals surface area contributed by atoms with Gasteiger partial charge in [0.2, 0.25) is 0 Å². The maximum atomic E-state index is 11.7. The molecule has 0 unspecified atom stereocenters. The fraction of sp³-hybridized carbons (Fsp3) is 1.00. The quantitative estimate of drug-likeness (QED) is 0.731. The molecule has 1 rings (SSSR count). The fourth-order valence-electron chi connectivity index (χ4n) is 1.29. The van der Waals surface area contributed by atoms with Crippen LogP contribution in [0, 0.1) is 0 Å². The van der Waals surface area contributed by atoms with Crippen molar-refractivity contribution < 1.29 is 13.2 Å². The van der Waals surface area contributed by atoms with Gasteiger partial charge in [0.05, 0.1) is 6.54 Å². The van der Waals surface area contributed by atoms with Crippen molar-refractivity contribution in [2.45, 2.75) is 25.1 Å². The minimum Gasteiger partial charge on any atom is -0.317 e. The third kappa shape index (κ3) is 6.12. The summed E-state index contributed by atoms with van der Waals surface area (Å²) < 4.78 is 35.2. The summed E-state index contributed by atoms with van der Waals surface area (Å²) in [6, 6.07) is 0.0351. The van der Waals surface area contributed by atoms with Crippen molar-refractivity contribution in [3.8, 4) is 0 Å². The molecule has 1 heterocycles. The van der Waals surface area contributed by atoms with E-state index in [2.05, 4.69) is 10.6 Å². The van der Waals surface area contributed by atoms with Crippen molar-refractivity contribution >= 4 is 12.4 Å². The van der Waals surface area contributed by atoms with Crippen molar-refractivity contribution in [2.75, 3.05) is 19.6 Å². The monoisotopic (exact) mass is 218 g/mol. The normalized spacial score (nSPS) is 19.6. The standard InChI is InChI=1S/C7H13F3N2.ClH/c8-7(9,10)5-12-6-1-3-11-4-2-6;/h6,11-12H,1-5H2;1H. The Labute approximate surface area is 81.7 Å². The third-order valence-electron chi connectivity index (χ3n) is 1.93. The molecule has 0 bridgehead atoms. The van der Waals surface area contributed by atoms with Gasteiger partial charge in [-0.05, 0) is 25.9 Å². The van der Waals surface area contributed by atoms with Crippen molar-refractivity contribution in [3.05, 3.63) is 0 Å². The van der Waals surface area contributed by atoms with Crippen LogP contribution >= 0.6 is 12.4 Å². The van der Waals surface area contributed by atoms with Crippen LogP contribution in [0.1, 0.15) is 12.8 Å². The molecule has 0 saturated carbocycles. The number of rotatable bonds is 2. The van der Waals surface area contributed by atoms with E-state index in [1.54, 1.807) is 0 Å². The summed E-state index contributed by atoms with van der Waals surface area (Å²) in [6.45, 7) is 0.767. The molecular formula is C7H14ClF3N2. The number of hydrogen-bond donors (Lipinski definition) is 2. The van der Waals surface area contributed by atoms with Gasteiger partial charge in [-0.25, -0.2) is 0 Å². The Balaban J connectivity index is 0.00000144. The van der Waals surface area contributed by atoms with Crippen molar-refractivity contribution in [2.24, 2.45) is 0 Å². The molecule has 2 N–H and O–H groups in total. The Bertz CT molecular complexity index is 134. The largest absolute Gasteiger partial charge is 0.401 e. The molecule has 0 radical (unpaired) electrons. The zero-order valence-electron chi connectivity index (χ0n) is 7.16. The highest BCUT2D eigenvalue weighted by Crippen LogP contribution is 2.13. The number of hydrogen-bond acceptors (Lipinski definition) is 2. The summed E-state index contributed by atoms with van der Waals surface area (Å²) >= 11 is 0. The lowest BCUT2D eigenvalue weighted by Crippen LogP contribution is -2.43. The summed E-state index contributed by atoms with van der Waals surface area (Å²) in [6.07, 6.45) is -2.50. The van der Waals surface area contributed by atoms with Gasteiger partial charge in [0.25, 0.3) is 0 Å². The molecular weight excluding hydrogens is 205 g/mol. The summed E-state index contributed by atoms with van der Waals surface area (Å²) in [5.74, 6) is 0. The van der Waals surface area contributed by atoms with E-state index >= 15 is 0 Å². The SMILES string of the molecule is Cl.FC(F)(F)CNC1CCNCC1. The second-order valence-electron chi connectivity index (χ2n) is 3.02. The third-order valence-corrected chi connectivity index (χ3v) is 1.93. The van der Waals surface area contributed by atoms with Gasteiger partial charge in [0, 0.05) is 6.04 Å². The minimum atomic E-state index is -4.08. The predicted molar refractivity (Wildman–Crippen MR) is 47.2 cm³/mol. The van der Waals surface area contributed by atoms with Crippen molar-refractivity contribution in [3.63, 3.8) is 0 Å². The van der Waals surface area contributed by atoms with Crippen LogP contribution in [0.25, 0.3) is 0 Å². The molecule has 1 aliphatic rings. The Morgan fingerprint density at radius 2 is 1.77 bits per heavy atom. The lowest BCUT2D eigenvalue weighted by atomic mass is 10.1. The highest BCUT2D eigenvalue weighted by molar-refractivity contribution is 5.85. The molecule has 0 amide bonds. The van der Waals surface area contributed by atoms with Crippen LogP contribution in [0.5, 0.6) is 0 Å². The second kappa shape index (κ2) is 5.67. The van der Waals surface area contributed by atoms with Gasteiger partial charge in [-0.15, -0.1) is 12.4 Å². The zero-order valence-corrected chi connectivity index (χ0v) is 7.97. The molecule has 1 fully saturated rings. The van der Waals surface area contributed by atoms with Gasteiger partial charge in [-0.1, -0.05) is 0 Å². The van der Waals surface area contributed by atoms with E-state index in [9.17, 15) is 13.2 Å². The van der Waals surface area contributed by atoms with Gasteiger partial charge < -0.3 is 10.6 Å². The first-order chi connectivity index (χ1) is 5.58. The lowest BCUT2D eigenvalue weighted by Gasteiger charge is -2.24. The van der Waals surface area contributed by atoms with Crippen molar-refractivity contribution in [1.29, 1.82) is 0 Å². The molecule has 0 spiro atoms. The number of piperidine rings is 1. The average Bonchev–Trinajstić information content (AvgIpc) is 2.02.